The van der Waals surface area contributed by atoms with E-state index in [1.807, 2.05) is 0 Å². The van der Waals surface area contributed by atoms with Crippen molar-refractivity contribution in [1.29, 1.82) is 0 Å². The first-order valence-electron chi connectivity index (χ1n) is 4.61. The molecule has 1 aliphatic heterocycles. The summed E-state index contributed by atoms with van der Waals surface area (Å²) in [5.74, 6) is -1.59. The number of ketones is 1. The van der Waals surface area contributed by atoms with E-state index in [9.17, 15) is 14.7 Å². The molecule has 0 saturated heterocycles. The van der Waals surface area contributed by atoms with Crippen molar-refractivity contribution in [2.75, 3.05) is 7.11 Å². The molecule has 0 aromatic carbocycles. The predicted molar refractivity (Wildman–Crippen MR) is 53.6 cm³/mol. The van der Waals surface area contributed by atoms with E-state index in [4.69, 9.17) is 0 Å². The highest BCUT2D eigenvalue weighted by molar-refractivity contribution is 6.06. The Hall–Kier alpha value is -1.65. The van der Waals surface area contributed by atoms with Crippen molar-refractivity contribution in [2.24, 2.45) is 10.9 Å². The first-order chi connectivity index (χ1) is 7.06. The van der Waals surface area contributed by atoms with Crippen LogP contribution in [0.3, 0.4) is 0 Å². The van der Waals surface area contributed by atoms with E-state index in [2.05, 4.69) is 9.73 Å². The molecule has 1 rings (SSSR count). The lowest BCUT2D eigenvalue weighted by Gasteiger charge is -2.14. The van der Waals surface area contributed by atoms with Gasteiger partial charge in [-0.2, -0.15) is 0 Å². The van der Waals surface area contributed by atoms with Crippen LogP contribution in [-0.4, -0.2) is 30.2 Å². The maximum atomic E-state index is 11.5. The highest BCUT2D eigenvalue weighted by Gasteiger charge is 2.25. The minimum atomic E-state index is -0.521. The highest BCUT2D eigenvalue weighted by Crippen LogP contribution is 2.18. The number of nitrogens with zero attached hydrogens (tertiary/aromatic N) is 1. The molecule has 0 radical (unpaired) electrons. The van der Waals surface area contributed by atoms with Crippen molar-refractivity contribution in [3.8, 4) is 0 Å². The fraction of sp³-hybridized carbons (Fsp3) is 0.500. The zero-order chi connectivity index (χ0) is 11.4. The average Bonchev–Trinajstić information content (AvgIpc) is 2.24. The summed E-state index contributed by atoms with van der Waals surface area (Å²) in [7, 11) is 1.29. The molecule has 15 heavy (non-hydrogen) atoms. The quantitative estimate of drug-likeness (QED) is 0.706. The molecule has 0 amide bonds. The Morgan fingerprint density at radius 1 is 1.67 bits per heavy atom. The third-order valence-corrected chi connectivity index (χ3v) is 2.25. The van der Waals surface area contributed by atoms with Gasteiger partial charge in [0.15, 0.2) is 5.76 Å². The number of carbonyl (C=O) groups excluding carboxylic acids is 2. The Balaban J connectivity index is 2.57. The number of ether oxygens (including phenoxy) is 1. The number of allylic oxidation sites excluding steroid dienone is 2. The summed E-state index contributed by atoms with van der Waals surface area (Å²) in [6, 6.07) is 0. The molecule has 0 aliphatic carbocycles. The van der Waals surface area contributed by atoms with Gasteiger partial charge in [-0.1, -0.05) is 0 Å². The molecule has 1 atom stereocenters. The number of Topliss-reactive ketones (excluding diaryl/α,β-unsaturated/α-hetero) is 1. The summed E-state index contributed by atoms with van der Waals surface area (Å²) in [4.78, 5) is 26.2. The molecular formula is C10H13NO4. The van der Waals surface area contributed by atoms with Crippen LogP contribution in [0.4, 0.5) is 0 Å². The predicted octanol–water partition coefficient (Wildman–Crippen LogP) is 0.999. The van der Waals surface area contributed by atoms with Gasteiger partial charge in [-0.25, -0.2) is 0 Å². The molecule has 0 bridgehead atoms. The number of hydrogen-bond acceptors (Lipinski definition) is 5. The van der Waals surface area contributed by atoms with Gasteiger partial charge < -0.3 is 9.84 Å². The second kappa shape index (κ2) is 4.72. The van der Waals surface area contributed by atoms with Gasteiger partial charge >= 0.3 is 5.97 Å². The summed E-state index contributed by atoms with van der Waals surface area (Å²) >= 11 is 0. The molecular weight excluding hydrogens is 198 g/mol. The molecule has 5 heteroatoms. The summed E-state index contributed by atoms with van der Waals surface area (Å²) < 4.78 is 4.46. The van der Waals surface area contributed by atoms with Crippen molar-refractivity contribution >= 4 is 18.0 Å². The van der Waals surface area contributed by atoms with Crippen LogP contribution in [-0.2, 0) is 14.3 Å². The maximum Gasteiger partial charge on any atom is 0.305 e. The second-order valence-electron chi connectivity index (χ2n) is 3.30. The smallest absolute Gasteiger partial charge is 0.305 e. The van der Waals surface area contributed by atoms with Crippen molar-refractivity contribution in [1.82, 2.24) is 0 Å². The van der Waals surface area contributed by atoms with Gasteiger partial charge in [0, 0.05) is 12.6 Å². The second-order valence-corrected chi connectivity index (χ2v) is 3.30. The molecule has 1 unspecified atom stereocenters. The lowest BCUT2D eigenvalue weighted by Crippen LogP contribution is -2.23. The molecule has 5 nitrogen and oxygen atoms in total. The van der Waals surface area contributed by atoms with Crippen LogP contribution in [0.5, 0.6) is 0 Å². The number of methoxy groups -OCH3 is 1. The van der Waals surface area contributed by atoms with Crippen LogP contribution >= 0.6 is 0 Å². The lowest BCUT2D eigenvalue weighted by molar-refractivity contribution is -0.140. The zero-order valence-electron chi connectivity index (χ0n) is 8.69. The first kappa shape index (κ1) is 11.4. The number of rotatable bonds is 3. The number of aliphatic imine (C=N–C) groups is 1. The Morgan fingerprint density at radius 3 is 2.93 bits per heavy atom. The van der Waals surface area contributed by atoms with Gasteiger partial charge in [-0.05, 0) is 13.3 Å². The number of aliphatic hydroxyl groups is 1. The Bertz CT molecular complexity index is 343. The van der Waals surface area contributed by atoms with Gasteiger partial charge in [0.2, 0.25) is 5.78 Å². The molecule has 1 aliphatic rings. The van der Waals surface area contributed by atoms with Crippen LogP contribution in [0.1, 0.15) is 19.8 Å². The maximum absolute atomic E-state index is 11.5. The fourth-order valence-electron chi connectivity index (χ4n) is 1.27. The molecule has 82 valence electrons. The van der Waals surface area contributed by atoms with Gasteiger partial charge in [0.05, 0.1) is 18.7 Å². The van der Waals surface area contributed by atoms with Gasteiger partial charge in [0.1, 0.15) is 0 Å². The van der Waals surface area contributed by atoms with Crippen LogP contribution in [0.25, 0.3) is 0 Å². The van der Waals surface area contributed by atoms with Crippen molar-refractivity contribution in [2.45, 2.75) is 19.8 Å². The number of esters is 1. The molecule has 0 aromatic rings. The van der Waals surface area contributed by atoms with Crippen LogP contribution < -0.4 is 0 Å². The molecule has 0 aromatic heterocycles. The van der Waals surface area contributed by atoms with E-state index in [1.54, 1.807) is 6.92 Å². The average molecular weight is 211 g/mol. The SMILES string of the molecule is COC(=O)CCC1C=NC(C)=C(O)C1=O. The molecule has 0 fully saturated rings. The van der Waals surface area contributed by atoms with Gasteiger partial charge in [-0.15, -0.1) is 0 Å². The monoisotopic (exact) mass is 211 g/mol. The van der Waals surface area contributed by atoms with Crippen LogP contribution in [0.2, 0.25) is 0 Å². The lowest BCUT2D eigenvalue weighted by atomic mass is 9.96. The Kier molecular flexibility index (Phi) is 3.60. The van der Waals surface area contributed by atoms with E-state index >= 15 is 0 Å². The Morgan fingerprint density at radius 2 is 2.33 bits per heavy atom. The van der Waals surface area contributed by atoms with Crippen LogP contribution in [0, 0.1) is 5.92 Å². The van der Waals surface area contributed by atoms with E-state index in [0.717, 1.165) is 0 Å². The fourth-order valence-corrected chi connectivity index (χ4v) is 1.27. The number of carbonyl (C=O) groups is 2. The van der Waals surface area contributed by atoms with Gasteiger partial charge in [-0.3, -0.25) is 14.6 Å². The number of aliphatic hydroxyl groups excluding tert-OH is 1. The van der Waals surface area contributed by atoms with E-state index in [0.29, 0.717) is 12.1 Å². The van der Waals surface area contributed by atoms with Crippen LogP contribution in [0.15, 0.2) is 16.4 Å². The normalized spacial score (nSPS) is 20.7. The summed E-state index contributed by atoms with van der Waals surface area (Å²) in [5, 5.41) is 9.34. The van der Waals surface area contributed by atoms with E-state index in [-0.39, 0.29) is 23.9 Å². The molecule has 1 heterocycles. The summed E-state index contributed by atoms with van der Waals surface area (Å²) in [6.45, 7) is 1.56. The largest absolute Gasteiger partial charge is 0.503 e. The zero-order valence-corrected chi connectivity index (χ0v) is 8.69. The van der Waals surface area contributed by atoms with E-state index in [1.165, 1.54) is 13.3 Å². The summed E-state index contributed by atoms with van der Waals surface area (Å²) in [5.41, 5.74) is 0.314. The van der Waals surface area contributed by atoms with Crippen molar-refractivity contribution in [3.63, 3.8) is 0 Å². The topological polar surface area (TPSA) is 76.0 Å². The van der Waals surface area contributed by atoms with Crippen molar-refractivity contribution < 1.29 is 19.4 Å². The van der Waals surface area contributed by atoms with E-state index < -0.39 is 5.92 Å². The first-order valence-corrected chi connectivity index (χ1v) is 4.61. The molecule has 0 saturated carbocycles. The minimum Gasteiger partial charge on any atom is -0.503 e. The van der Waals surface area contributed by atoms with Crippen molar-refractivity contribution in [3.05, 3.63) is 11.5 Å². The molecule has 0 spiro atoms. The highest BCUT2D eigenvalue weighted by atomic mass is 16.5. The third-order valence-electron chi connectivity index (χ3n) is 2.25. The van der Waals surface area contributed by atoms with Gasteiger partial charge in [0.25, 0.3) is 0 Å². The number of hydrogen-bond donors (Lipinski definition) is 1. The Labute approximate surface area is 87.5 Å². The third kappa shape index (κ3) is 2.65. The summed E-state index contributed by atoms with van der Waals surface area (Å²) in [6.07, 6.45) is 1.91. The standard InChI is InChI=1S/C10H13NO4/c1-6-9(13)10(14)7(5-11-6)3-4-8(12)15-2/h5,7,13H,3-4H2,1-2H3. The molecule has 1 N–H and O–H groups in total. The minimum absolute atomic E-state index is 0.144.